The predicted octanol–water partition coefficient (Wildman–Crippen LogP) is 5.63. The van der Waals surface area contributed by atoms with Gasteiger partial charge in [0.05, 0.1) is 24.1 Å². The van der Waals surface area contributed by atoms with E-state index < -0.39 is 17.6 Å². The molecule has 0 saturated heterocycles. The maximum absolute atomic E-state index is 13.6. The number of dihydropyridines is 1. The molecule has 39 heavy (non-hydrogen) atoms. The largest absolute Gasteiger partial charge is 0.416 e. The zero-order valence-corrected chi connectivity index (χ0v) is 21.3. The van der Waals surface area contributed by atoms with Crippen molar-refractivity contribution in [2.24, 2.45) is 20.9 Å². The zero-order valence-electron chi connectivity index (χ0n) is 21.3. The maximum Gasteiger partial charge on any atom is 0.416 e. The molecule has 2 aliphatic heterocycles. The number of aliphatic imine (C=N–C) groups is 3. The number of nitrogens with zero attached hydrogens (tertiary/aromatic N) is 5. The van der Waals surface area contributed by atoms with Crippen LogP contribution in [0.3, 0.4) is 0 Å². The van der Waals surface area contributed by atoms with E-state index in [0.29, 0.717) is 30.4 Å². The van der Waals surface area contributed by atoms with Gasteiger partial charge in [0.2, 0.25) is 5.96 Å². The van der Waals surface area contributed by atoms with Gasteiger partial charge in [-0.25, -0.2) is 9.98 Å². The first-order valence-electron chi connectivity index (χ1n) is 12.4. The number of hydrogen-bond acceptors (Lipinski definition) is 6. The lowest BCUT2D eigenvalue weighted by atomic mass is 9.98. The molecular weight excluding hydrogens is 507 g/mol. The van der Waals surface area contributed by atoms with Gasteiger partial charge in [-0.1, -0.05) is 12.1 Å². The van der Waals surface area contributed by atoms with Gasteiger partial charge in [0.25, 0.3) is 5.91 Å². The lowest BCUT2D eigenvalue weighted by Crippen LogP contribution is -2.26. The van der Waals surface area contributed by atoms with Crippen LogP contribution in [0.25, 0.3) is 5.69 Å². The Morgan fingerprint density at radius 1 is 1.13 bits per heavy atom. The Balaban J connectivity index is 1.37. The van der Waals surface area contributed by atoms with E-state index in [1.807, 2.05) is 13.0 Å². The second-order valence-electron chi connectivity index (χ2n) is 9.36. The van der Waals surface area contributed by atoms with Gasteiger partial charge in [0.1, 0.15) is 0 Å². The van der Waals surface area contributed by atoms with Crippen molar-refractivity contribution in [2.45, 2.75) is 26.4 Å². The van der Waals surface area contributed by atoms with Gasteiger partial charge in [-0.05, 0) is 55.8 Å². The SMILES string of the molecule is Cc1cn(-c2cc(NC(=O)c3ccc(C)c(NC4=NCCC(C5C=CC=NC5)=N4)c3)cc(C(F)(F)F)c2)cn1. The summed E-state index contributed by atoms with van der Waals surface area (Å²) in [5.74, 6) is 0.0206. The molecule has 0 saturated carbocycles. The Morgan fingerprint density at radius 3 is 2.69 bits per heavy atom. The van der Waals surface area contributed by atoms with Crippen LogP contribution in [0.2, 0.25) is 0 Å². The van der Waals surface area contributed by atoms with E-state index >= 15 is 0 Å². The monoisotopic (exact) mass is 533 g/mol. The van der Waals surface area contributed by atoms with Gasteiger partial charge in [-0.15, -0.1) is 0 Å². The molecule has 2 aromatic carbocycles. The van der Waals surface area contributed by atoms with Crippen molar-refractivity contribution >= 4 is 35.2 Å². The molecule has 1 atom stereocenters. The van der Waals surface area contributed by atoms with Crippen molar-refractivity contribution in [1.29, 1.82) is 0 Å². The summed E-state index contributed by atoms with van der Waals surface area (Å²) in [6.45, 7) is 4.85. The van der Waals surface area contributed by atoms with Crippen LogP contribution in [-0.2, 0) is 6.18 Å². The molecule has 0 aliphatic carbocycles. The summed E-state index contributed by atoms with van der Waals surface area (Å²) in [5.41, 5.74) is 2.76. The van der Waals surface area contributed by atoms with Gasteiger partial charge >= 0.3 is 6.18 Å². The Hall–Kier alpha value is -4.54. The summed E-state index contributed by atoms with van der Waals surface area (Å²) in [4.78, 5) is 30.6. The molecule has 5 rings (SSSR count). The number of aromatic nitrogens is 2. The Bertz CT molecular complexity index is 1530. The molecule has 0 spiro atoms. The molecule has 1 aromatic heterocycles. The van der Waals surface area contributed by atoms with E-state index in [9.17, 15) is 18.0 Å². The third-order valence-corrected chi connectivity index (χ3v) is 6.40. The van der Waals surface area contributed by atoms with Gasteiger partial charge in [-0.3, -0.25) is 14.8 Å². The first kappa shape index (κ1) is 26.1. The minimum atomic E-state index is -4.59. The summed E-state index contributed by atoms with van der Waals surface area (Å²) in [7, 11) is 0. The fraction of sp³-hybridized carbons (Fsp3) is 0.250. The standard InChI is InChI=1S/C28H26F3N7O/c1-17-5-6-19(10-25(17)37-27-33-9-7-24(36-27)20-4-3-8-32-14-20)26(39)35-22-11-21(28(29,30)31)12-23(13-22)38-15-18(2)34-16-38/h3-6,8,10-13,15-16,20H,7,9,14H2,1-2H3,(H,33,37)(H,35,39). The number of guanidine groups is 1. The highest BCUT2D eigenvalue weighted by Gasteiger charge is 2.31. The number of amides is 1. The number of allylic oxidation sites excluding steroid dienone is 1. The van der Waals surface area contributed by atoms with E-state index in [1.165, 1.54) is 17.0 Å². The lowest BCUT2D eigenvalue weighted by molar-refractivity contribution is -0.137. The highest BCUT2D eigenvalue weighted by Crippen LogP contribution is 2.33. The zero-order chi connectivity index (χ0) is 27.6. The van der Waals surface area contributed by atoms with Crippen LogP contribution in [0, 0.1) is 19.8 Å². The number of rotatable bonds is 5. The number of imidazole rings is 1. The molecule has 2 aliphatic rings. The van der Waals surface area contributed by atoms with Gasteiger partial charge < -0.3 is 15.2 Å². The van der Waals surface area contributed by atoms with Crippen molar-refractivity contribution < 1.29 is 18.0 Å². The molecule has 2 N–H and O–H groups in total. The van der Waals surface area contributed by atoms with Crippen LogP contribution in [0.15, 0.2) is 76.1 Å². The van der Waals surface area contributed by atoms with Gasteiger partial charge in [0.15, 0.2) is 0 Å². The van der Waals surface area contributed by atoms with E-state index in [4.69, 9.17) is 0 Å². The average Bonchev–Trinajstić information content (AvgIpc) is 3.36. The van der Waals surface area contributed by atoms with Crippen LogP contribution in [0.5, 0.6) is 0 Å². The molecule has 3 heterocycles. The number of anilines is 2. The topological polar surface area (TPSA) is 96.0 Å². The minimum absolute atomic E-state index is 0.0142. The number of benzene rings is 2. The summed E-state index contributed by atoms with van der Waals surface area (Å²) in [5, 5.41) is 5.81. The highest BCUT2D eigenvalue weighted by atomic mass is 19.4. The third-order valence-electron chi connectivity index (χ3n) is 6.40. The molecule has 1 amide bonds. The molecule has 0 bridgehead atoms. The van der Waals surface area contributed by atoms with E-state index in [2.05, 4.69) is 36.7 Å². The van der Waals surface area contributed by atoms with Crippen molar-refractivity contribution in [1.82, 2.24) is 9.55 Å². The summed E-state index contributed by atoms with van der Waals surface area (Å²) >= 11 is 0. The van der Waals surface area contributed by atoms with Crippen molar-refractivity contribution in [3.8, 4) is 5.69 Å². The van der Waals surface area contributed by atoms with E-state index in [-0.39, 0.29) is 22.9 Å². The molecule has 200 valence electrons. The Morgan fingerprint density at radius 2 is 1.97 bits per heavy atom. The summed E-state index contributed by atoms with van der Waals surface area (Å²) in [6.07, 6.45) is 4.93. The predicted molar refractivity (Wildman–Crippen MR) is 146 cm³/mol. The van der Waals surface area contributed by atoms with Gasteiger partial charge in [-0.2, -0.15) is 13.2 Å². The molecule has 8 nitrogen and oxygen atoms in total. The normalized spacial score (nSPS) is 17.0. The van der Waals surface area contributed by atoms with Crippen LogP contribution in [0.4, 0.5) is 24.5 Å². The molecule has 3 aromatic rings. The fourth-order valence-corrected chi connectivity index (χ4v) is 4.32. The third kappa shape index (κ3) is 6.14. The Kier molecular flexibility index (Phi) is 7.14. The second-order valence-corrected chi connectivity index (χ2v) is 9.36. The second kappa shape index (κ2) is 10.7. The fourth-order valence-electron chi connectivity index (χ4n) is 4.32. The first-order valence-corrected chi connectivity index (χ1v) is 12.4. The molecular formula is C28H26F3N7O. The smallest absolute Gasteiger partial charge is 0.324 e. The summed E-state index contributed by atoms with van der Waals surface area (Å²) in [6, 6.07) is 8.41. The van der Waals surface area contributed by atoms with Crippen molar-refractivity contribution in [3.05, 3.63) is 83.5 Å². The molecule has 0 fully saturated rings. The van der Waals surface area contributed by atoms with Gasteiger partial charge in [0, 0.05) is 59.6 Å². The van der Waals surface area contributed by atoms with Crippen LogP contribution in [-0.4, -0.2) is 46.4 Å². The number of alkyl halides is 3. The Labute approximate surface area is 223 Å². The quantitative estimate of drug-likeness (QED) is 0.445. The summed E-state index contributed by atoms with van der Waals surface area (Å²) < 4.78 is 42.3. The van der Waals surface area contributed by atoms with Crippen molar-refractivity contribution in [2.75, 3.05) is 23.7 Å². The van der Waals surface area contributed by atoms with Crippen LogP contribution in [0.1, 0.15) is 33.6 Å². The molecule has 1 unspecified atom stereocenters. The molecule has 11 heteroatoms. The first-order chi connectivity index (χ1) is 18.7. The number of halogens is 3. The number of hydrogen-bond donors (Lipinski definition) is 2. The number of aryl methyl sites for hydroxylation is 2. The van der Waals surface area contributed by atoms with Crippen LogP contribution >= 0.6 is 0 Å². The number of carbonyl (C=O) groups is 1. The van der Waals surface area contributed by atoms with E-state index in [1.54, 1.807) is 37.5 Å². The lowest BCUT2D eigenvalue weighted by Gasteiger charge is -2.20. The van der Waals surface area contributed by atoms with E-state index in [0.717, 1.165) is 29.8 Å². The number of carbonyl (C=O) groups excluding carboxylic acids is 1. The number of nitrogens with one attached hydrogen (secondary N) is 2. The highest BCUT2D eigenvalue weighted by molar-refractivity contribution is 6.08. The average molecular weight is 534 g/mol. The maximum atomic E-state index is 13.6. The minimum Gasteiger partial charge on any atom is -0.324 e. The molecule has 0 radical (unpaired) electrons. The van der Waals surface area contributed by atoms with Crippen molar-refractivity contribution in [3.63, 3.8) is 0 Å². The van der Waals surface area contributed by atoms with Crippen LogP contribution < -0.4 is 10.6 Å².